The van der Waals surface area contributed by atoms with Gasteiger partial charge in [0.05, 0.1) is 16.8 Å². The van der Waals surface area contributed by atoms with E-state index < -0.39 is 18.5 Å². The molecule has 1 amide bonds. The molecule has 0 spiro atoms. The number of fused-ring (bicyclic) bond motifs is 3. The van der Waals surface area contributed by atoms with Crippen LogP contribution in [0.3, 0.4) is 0 Å². The van der Waals surface area contributed by atoms with Crippen molar-refractivity contribution < 1.29 is 14.3 Å². The number of carbonyl (C=O) groups excluding carboxylic acids is 2. The van der Waals surface area contributed by atoms with Crippen LogP contribution in [0.5, 0.6) is 0 Å². The second kappa shape index (κ2) is 8.33. The number of hydrogen-bond donors (Lipinski definition) is 1. The molecule has 0 radical (unpaired) electrons. The van der Waals surface area contributed by atoms with Gasteiger partial charge in [0, 0.05) is 14.8 Å². The second-order valence-corrected chi connectivity index (χ2v) is 9.89. The van der Waals surface area contributed by atoms with E-state index in [1.54, 1.807) is 37.7 Å². The summed E-state index contributed by atoms with van der Waals surface area (Å²) in [6, 6.07) is 12.9. The van der Waals surface area contributed by atoms with Gasteiger partial charge in [-0.3, -0.25) is 14.5 Å². The number of nitrogens with zero attached hydrogens (tertiary/aromatic N) is 2. The number of hydrogen-bond acceptors (Lipinski definition) is 7. The predicted molar refractivity (Wildman–Crippen MR) is 129 cm³/mol. The fraction of sp³-hybridized carbons (Fsp3) is 0.130. The van der Waals surface area contributed by atoms with E-state index >= 15 is 0 Å². The standard InChI is InChI=1S/C23H16ClN3O4S2/c1-11-19-21(29)25-12(2)26-22(19)33-20(11)23(30)31-10-18(28)27-14-5-3-4-6-16(14)32-17-8-7-13(24)9-15(17)27/h3-9H,10H2,1-2H3,(H,25,26,29). The van der Waals surface area contributed by atoms with Gasteiger partial charge in [0.2, 0.25) is 0 Å². The van der Waals surface area contributed by atoms with Crippen LogP contribution in [-0.4, -0.2) is 28.5 Å². The maximum atomic E-state index is 13.3. The molecule has 3 heterocycles. The Bertz CT molecular complexity index is 1510. The maximum absolute atomic E-state index is 13.3. The van der Waals surface area contributed by atoms with Gasteiger partial charge in [-0.1, -0.05) is 35.5 Å². The van der Waals surface area contributed by atoms with Crippen LogP contribution in [0.4, 0.5) is 11.4 Å². The molecule has 5 rings (SSSR count). The van der Waals surface area contributed by atoms with Gasteiger partial charge in [-0.05, 0) is 49.7 Å². The van der Waals surface area contributed by atoms with Crippen LogP contribution in [0.15, 0.2) is 57.1 Å². The first kappa shape index (κ1) is 21.7. The number of para-hydroxylation sites is 1. The number of rotatable bonds is 3. The number of H-pyrrole nitrogens is 1. The molecular weight excluding hydrogens is 482 g/mol. The van der Waals surface area contributed by atoms with E-state index in [1.807, 2.05) is 30.3 Å². The number of aryl methyl sites for hydroxylation is 2. The zero-order valence-electron chi connectivity index (χ0n) is 17.5. The third kappa shape index (κ3) is 3.82. The minimum Gasteiger partial charge on any atom is -0.451 e. The van der Waals surface area contributed by atoms with E-state index in [2.05, 4.69) is 9.97 Å². The molecule has 10 heteroatoms. The number of aromatic amines is 1. The number of ether oxygens (including phenoxy) is 1. The lowest BCUT2D eigenvalue weighted by atomic mass is 10.2. The van der Waals surface area contributed by atoms with Gasteiger partial charge < -0.3 is 9.72 Å². The lowest BCUT2D eigenvalue weighted by Crippen LogP contribution is -2.32. The topological polar surface area (TPSA) is 92.4 Å². The number of halogens is 1. The molecule has 0 unspecified atom stereocenters. The molecule has 4 aromatic rings. The van der Waals surface area contributed by atoms with E-state index in [1.165, 1.54) is 4.90 Å². The molecule has 33 heavy (non-hydrogen) atoms. The Morgan fingerprint density at radius 2 is 1.88 bits per heavy atom. The number of aromatic nitrogens is 2. The van der Waals surface area contributed by atoms with Crippen LogP contribution in [0.1, 0.15) is 21.1 Å². The molecule has 1 aliphatic heterocycles. The zero-order valence-corrected chi connectivity index (χ0v) is 19.9. The van der Waals surface area contributed by atoms with Crippen LogP contribution in [0, 0.1) is 13.8 Å². The van der Waals surface area contributed by atoms with Crippen molar-refractivity contribution in [1.29, 1.82) is 0 Å². The number of anilines is 2. The largest absolute Gasteiger partial charge is 0.451 e. The SMILES string of the molecule is Cc1nc2sc(C(=O)OCC(=O)N3c4ccccc4Sc4ccc(Cl)cc43)c(C)c2c(=O)[nH]1. The summed E-state index contributed by atoms with van der Waals surface area (Å²) in [4.78, 5) is 49.3. The smallest absolute Gasteiger partial charge is 0.349 e. The van der Waals surface area contributed by atoms with E-state index in [9.17, 15) is 14.4 Å². The second-order valence-electron chi connectivity index (χ2n) is 7.37. The van der Waals surface area contributed by atoms with Crippen molar-refractivity contribution in [2.45, 2.75) is 23.6 Å². The predicted octanol–water partition coefficient (Wildman–Crippen LogP) is 5.24. The Labute approximate surface area is 201 Å². The minimum absolute atomic E-state index is 0.249. The van der Waals surface area contributed by atoms with Crippen molar-refractivity contribution in [3.63, 3.8) is 0 Å². The average molecular weight is 498 g/mol. The molecule has 2 aromatic carbocycles. The first-order valence-electron chi connectivity index (χ1n) is 9.90. The molecule has 0 aliphatic carbocycles. The summed E-state index contributed by atoms with van der Waals surface area (Å²) in [5, 5.41) is 0.854. The van der Waals surface area contributed by atoms with Crippen LogP contribution in [0.25, 0.3) is 10.2 Å². The summed E-state index contributed by atoms with van der Waals surface area (Å²) < 4.78 is 5.38. The Balaban J connectivity index is 1.43. The van der Waals surface area contributed by atoms with Gasteiger partial charge in [0.1, 0.15) is 15.5 Å². The first-order chi connectivity index (χ1) is 15.8. The Morgan fingerprint density at radius 1 is 1.12 bits per heavy atom. The number of nitrogens with one attached hydrogen (secondary N) is 1. The molecule has 1 aliphatic rings. The van der Waals surface area contributed by atoms with Crippen molar-refractivity contribution in [2.75, 3.05) is 11.5 Å². The summed E-state index contributed by atoms with van der Waals surface area (Å²) in [6.45, 7) is 2.87. The van der Waals surface area contributed by atoms with Gasteiger partial charge in [0.25, 0.3) is 11.5 Å². The lowest BCUT2D eigenvalue weighted by Gasteiger charge is -2.31. The van der Waals surface area contributed by atoms with Crippen molar-refractivity contribution in [3.8, 4) is 0 Å². The average Bonchev–Trinajstić information content (AvgIpc) is 3.12. The quantitative estimate of drug-likeness (QED) is 0.389. The van der Waals surface area contributed by atoms with Crippen molar-refractivity contribution in [3.05, 3.63) is 74.1 Å². The van der Waals surface area contributed by atoms with Crippen molar-refractivity contribution >= 4 is 68.2 Å². The molecule has 0 saturated heterocycles. The number of carbonyl (C=O) groups is 2. The Kier molecular flexibility index (Phi) is 5.48. The first-order valence-corrected chi connectivity index (χ1v) is 11.9. The Hall–Kier alpha value is -3.14. The van der Waals surface area contributed by atoms with Crippen molar-refractivity contribution in [1.82, 2.24) is 9.97 Å². The van der Waals surface area contributed by atoms with Gasteiger partial charge in [-0.25, -0.2) is 9.78 Å². The number of amides is 1. The molecule has 0 saturated carbocycles. The maximum Gasteiger partial charge on any atom is 0.349 e. The molecular formula is C23H16ClN3O4S2. The molecule has 0 atom stereocenters. The summed E-state index contributed by atoms with van der Waals surface area (Å²) in [6.07, 6.45) is 0. The zero-order chi connectivity index (χ0) is 23.3. The minimum atomic E-state index is -0.674. The van der Waals surface area contributed by atoms with E-state index in [4.69, 9.17) is 16.3 Å². The van der Waals surface area contributed by atoms with E-state index in [0.717, 1.165) is 21.1 Å². The molecule has 1 N–H and O–H groups in total. The van der Waals surface area contributed by atoms with E-state index in [0.29, 0.717) is 38.0 Å². The normalized spacial score (nSPS) is 12.4. The van der Waals surface area contributed by atoms with Gasteiger partial charge in [-0.15, -0.1) is 11.3 Å². The van der Waals surface area contributed by atoms with Crippen molar-refractivity contribution in [2.24, 2.45) is 0 Å². The number of thiophene rings is 1. The highest BCUT2D eigenvalue weighted by atomic mass is 35.5. The molecule has 2 aromatic heterocycles. The summed E-state index contributed by atoms with van der Waals surface area (Å²) in [5.74, 6) is -0.625. The van der Waals surface area contributed by atoms with Gasteiger partial charge >= 0.3 is 5.97 Å². The lowest BCUT2D eigenvalue weighted by molar-refractivity contribution is -0.121. The van der Waals surface area contributed by atoms with Gasteiger partial charge in [0.15, 0.2) is 6.61 Å². The summed E-state index contributed by atoms with van der Waals surface area (Å²) in [7, 11) is 0. The Morgan fingerprint density at radius 3 is 2.70 bits per heavy atom. The van der Waals surface area contributed by atoms with Crippen LogP contribution in [0.2, 0.25) is 5.02 Å². The highest BCUT2D eigenvalue weighted by Gasteiger charge is 2.29. The monoisotopic (exact) mass is 497 g/mol. The highest BCUT2D eigenvalue weighted by molar-refractivity contribution is 7.99. The van der Waals surface area contributed by atoms with E-state index in [-0.39, 0.29) is 10.4 Å². The third-order valence-electron chi connectivity index (χ3n) is 5.17. The molecule has 0 bridgehead atoms. The van der Waals surface area contributed by atoms with Crippen LogP contribution in [-0.2, 0) is 9.53 Å². The number of esters is 1. The highest BCUT2D eigenvalue weighted by Crippen LogP contribution is 2.48. The fourth-order valence-corrected chi connectivity index (χ4v) is 6.03. The molecule has 7 nitrogen and oxygen atoms in total. The fourth-order valence-electron chi connectivity index (χ4n) is 3.70. The number of benzene rings is 2. The summed E-state index contributed by atoms with van der Waals surface area (Å²) >= 11 is 8.81. The summed E-state index contributed by atoms with van der Waals surface area (Å²) in [5.41, 5.74) is 1.51. The third-order valence-corrected chi connectivity index (χ3v) is 7.70. The molecule has 166 valence electrons. The van der Waals surface area contributed by atoms with Gasteiger partial charge in [-0.2, -0.15) is 0 Å². The molecule has 0 fully saturated rings. The van der Waals surface area contributed by atoms with Crippen LogP contribution < -0.4 is 10.5 Å². The van der Waals surface area contributed by atoms with Crippen LogP contribution >= 0.6 is 34.7 Å².